The summed E-state index contributed by atoms with van der Waals surface area (Å²) in [6.45, 7) is 3.37. The van der Waals surface area contributed by atoms with Crippen molar-refractivity contribution in [2.75, 3.05) is 5.32 Å². The van der Waals surface area contributed by atoms with Crippen LogP contribution in [-0.4, -0.2) is 9.55 Å². The lowest BCUT2D eigenvalue weighted by Crippen LogP contribution is -2.17. The molecule has 0 unspecified atom stereocenters. The summed E-state index contributed by atoms with van der Waals surface area (Å²) in [4.78, 5) is 14.8. The molecule has 1 aromatic carbocycles. The Bertz CT molecular complexity index is 786. The van der Waals surface area contributed by atoms with E-state index in [1.54, 1.807) is 10.6 Å². The number of aryl methyl sites for hydroxylation is 1. The van der Waals surface area contributed by atoms with Gasteiger partial charge < -0.3 is 14.9 Å². The molecule has 3 rings (SSSR count). The van der Waals surface area contributed by atoms with Gasteiger partial charge in [-0.3, -0.25) is 4.79 Å². The van der Waals surface area contributed by atoms with E-state index in [2.05, 4.69) is 22.4 Å². The summed E-state index contributed by atoms with van der Waals surface area (Å²) in [7, 11) is 0. The first-order chi connectivity index (χ1) is 9.78. The molecular formula is C16H17N3O. The van der Waals surface area contributed by atoms with Gasteiger partial charge in [-0.15, -0.1) is 0 Å². The Hall–Kier alpha value is -2.49. The molecule has 0 aliphatic carbocycles. The van der Waals surface area contributed by atoms with E-state index in [1.807, 2.05) is 37.5 Å². The first kappa shape index (κ1) is 12.5. The van der Waals surface area contributed by atoms with Crippen LogP contribution in [0.2, 0.25) is 0 Å². The number of fused-ring (bicyclic) bond motifs is 1. The van der Waals surface area contributed by atoms with Gasteiger partial charge in [0.1, 0.15) is 0 Å². The number of para-hydroxylation sites is 1. The molecule has 3 aromatic rings. The minimum absolute atomic E-state index is 0.0325. The molecule has 0 saturated carbocycles. The molecule has 0 fully saturated rings. The van der Waals surface area contributed by atoms with Crippen molar-refractivity contribution in [2.45, 2.75) is 20.0 Å². The second-order valence-electron chi connectivity index (χ2n) is 4.76. The highest BCUT2D eigenvalue weighted by Gasteiger charge is 2.03. The summed E-state index contributed by atoms with van der Waals surface area (Å²) < 4.78 is 1.69. The number of aromatic nitrogens is 2. The van der Waals surface area contributed by atoms with Crippen LogP contribution in [0.1, 0.15) is 12.5 Å². The van der Waals surface area contributed by atoms with Crippen LogP contribution in [0, 0.1) is 0 Å². The van der Waals surface area contributed by atoms with E-state index in [9.17, 15) is 4.79 Å². The van der Waals surface area contributed by atoms with Crippen LogP contribution in [0.25, 0.3) is 10.9 Å². The summed E-state index contributed by atoms with van der Waals surface area (Å²) in [5.74, 6) is 0. The molecule has 0 bridgehead atoms. The zero-order valence-corrected chi connectivity index (χ0v) is 11.4. The van der Waals surface area contributed by atoms with Gasteiger partial charge >= 0.3 is 0 Å². The van der Waals surface area contributed by atoms with Gasteiger partial charge in [-0.05, 0) is 24.6 Å². The Balaban J connectivity index is 1.81. The number of nitrogens with one attached hydrogen (secondary N) is 2. The second-order valence-corrected chi connectivity index (χ2v) is 4.76. The zero-order valence-electron chi connectivity index (χ0n) is 11.4. The average Bonchev–Trinajstić information content (AvgIpc) is 2.90. The molecule has 4 heteroatoms. The molecule has 0 aliphatic rings. The van der Waals surface area contributed by atoms with Gasteiger partial charge in [0, 0.05) is 42.5 Å². The number of aromatic amines is 1. The fourth-order valence-corrected chi connectivity index (χ4v) is 2.36. The number of H-pyrrole nitrogens is 1. The predicted molar refractivity (Wildman–Crippen MR) is 82.0 cm³/mol. The van der Waals surface area contributed by atoms with Crippen LogP contribution in [0.4, 0.5) is 5.69 Å². The number of nitrogens with zero attached hydrogens (tertiary/aromatic N) is 1. The number of hydrogen-bond donors (Lipinski definition) is 2. The number of rotatable bonds is 4. The van der Waals surface area contributed by atoms with Crippen molar-refractivity contribution in [3.8, 4) is 0 Å². The molecule has 4 nitrogen and oxygen atoms in total. The van der Waals surface area contributed by atoms with Crippen LogP contribution in [0.15, 0.2) is 53.6 Å². The first-order valence-electron chi connectivity index (χ1n) is 6.77. The Morgan fingerprint density at radius 1 is 1.20 bits per heavy atom. The summed E-state index contributed by atoms with van der Waals surface area (Å²) in [5, 5.41) is 4.59. The fraction of sp³-hybridized carbons (Fsp3) is 0.188. The number of anilines is 1. The van der Waals surface area contributed by atoms with Crippen molar-refractivity contribution in [2.24, 2.45) is 0 Å². The maximum Gasteiger partial charge on any atom is 0.250 e. The van der Waals surface area contributed by atoms with Crippen molar-refractivity contribution in [3.05, 3.63) is 64.7 Å². The van der Waals surface area contributed by atoms with E-state index < -0.39 is 0 Å². The SMILES string of the molecule is CCn1cc(NCc2c[nH]c3ccccc23)ccc1=O. The molecule has 2 N–H and O–H groups in total. The highest BCUT2D eigenvalue weighted by atomic mass is 16.1. The molecule has 2 heterocycles. The van der Waals surface area contributed by atoms with E-state index >= 15 is 0 Å². The molecule has 0 saturated heterocycles. The lowest BCUT2D eigenvalue weighted by molar-refractivity contribution is 0.727. The van der Waals surface area contributed by atoms with Crippen LogP contribution in [0.3, 0.4) is 0 Å². The topological polar surface area (TPSA) is 49.8 Å². The van der Waals surface area contributed by atoms with Crippen LogP contribution < -0.4 is 10.9 Å². The summed E-state index contributed by atoms with van der Waals surface area (Å²) in [5.41, 5.74) is 3.35. The van der Waals surface area contributed by atoms with Crippen LogP contribution in [0.5, 0.6) is 0 Å². The highest BCUT2D eigenvalue weighted by molar-refractivity contribution is 5.83. The number of pyridine rings is 1. The number of benzene rings is 1. The Morgan fingerprint density at radius 2 is 2.05 bits per heavy atom. The quantitative estimate of drug-likeness (QED) is 0.763. The third kappa shape index (κ3) is 2.32. The maximum absolute atomic E-state index is 11.5. The first-order valence-corrected chi connectivity index (χ1v) is 6.77. The lowest BCUT2D eigenvalue weighted by atomic mass is 10.2. The molecule has 102 valence electrons. The fourth-order valence-electron chi connectivity index (χ4n) is 2.36. The van der Waals surface area contributed by atoms with Gasteiger partial charge in [-0.1, -0.05) is 18.2 Å². The van der Waals surface area contributed by atoms with E-state index in [4.69, 9.17) is 0 Å². The second kappa shape index (κ2) is 5.25. The average molecular weight is 267 g/mol. The standard InChI is InChI=1S/C16H17N3O/c1-2-19-11-13(7-8-16(19)20)17-9-12-10-18-15-6-4-3-5-14(12)15/h3-8,10-11,17-18H,2,9H2,1H3. The normalized spacial score (nSPS) is 10.8. The summed E-state index contributed by atoms with van der Waals surface area (Å²) in [6, 6.07) is 11.7. The van der Waals surface area contributed by atoms with Crippen molar-refractivity contribution in [3.63, 3.8) is 0 Å². The van der Waals surface area contributed by atoms with Gasteiger partial charge in [-0.25, -0.2) is 0 Å². The third-order valence-electron chi connectivity index (χ3n) is 3.48. The van der Waals surface area contributed by atoms with Crippen LogP contribution in [-0.2, 0) is 13.1 Å². The molecule has 20 heavy (non-hydrogen) atoms. The molecule has 0 amide bonds. The largest absolute Gasteiger partial charge is 0.380 e. The van der Waals surface area contributed by atoms with E-state index in [0.717, 1.165) is 17.7 Å². The maximum atomic E-state index is 11.5. The summed E-state index contributed by atoms with van der Waals surface area (Å²) >= 11 is 0. The van der Waals surface area contributed by atoms with Crippen LogP contribution >= 0.6 is 0 Å². The van der Waals surface area contributed by atoms with Gasteiger partial charge in [0.05, 0.1) is 5.69 Å². The Kier molecular flexibility index (Phi) is 3.29. The van der Waals surface area contributed by atoms with E-state index in [0.29, 0.717) is 6.54 Å². The molecule has 0 radical (unpaired) electrons. The van der Waals surface area contributed by atoms with E-state index in [-0.39, 0.29) is 5.56 Å². The van der Waals surface area contributed by atoms with Crippen molar-refractivity contribution in [1.29, 1.82) is 0 Å². The molecule has 2 aromatic heterocycles. The van der Waals surface area contributed by atoms with Gasteiger partial charge in [0.25, 0.3) is 5.56 Å². The molecule has 0 spiro atoms. The zero-order chi connectivity index (χ0) is 13.9. The van der Waals surface area contributed by atoms with Crippen molar-refractivity contribution in [1.82, 2.24) is 9.55 Å². The van der Waals surface area contributed by atoms with Gasteiger partial charge in [0.15, 0.2) is 0 Å². The lowest BCUT2D eigenvalue weighted by Gasteiger charge is -2.08. The highest BCUT2D eigenvalue weighted by Crippen LogP contribution is 2.18. The van der Waals surface area contributed by atoms with Gasteiger partial charge in [-0.2, -0.15) is 0 Å². The number of hydrogen-bond acceptors (Lipinski definition) is 2. The minimum Gasteiger partial charge on any atom is -0.380 e. The summed E-state index contributed by atoms with van der Waals surface area (Å²) in [6.07, 6.45) is 3.88. The third-order valence-corrected chi connectivity index (χ3v) is 3.48. The van der Waals surface area contributed by atoms with E-state index in [1.165, 1.54) is 10.9 Å². The Labute approximate surface area is 117 Å². The van der Waals surface area contributed by atoms with Gasteiger partial charge in [0.2, 0.25) is 0 Å². The molecule has 0 aliphatic heterocycles. The monoisotopic (exact) mass is 267 g/mol. The molecular weight excluding hydrogens is 250 g/mol. The van der Waals surface area contributed by atoms with Crippen molar-refractivity contribution >= 4 is 16.6 Å². The smallest absolute Gasteiger partial charge is 0.250 e. The van der Waals surface area contributed by atoms with Crippen molar-refractivity contribution < 1.29 is 0 Å². The molecule has 0 atom stereocenters. The Morgan fingerprint density at radius 3 is 2.90 bits per heavy atom. The minimum atomic E-state index is 0.0325. The predicted octanol–water partition coefficient (Wildman–Crippen LogP) is 2.96.